The van der Waals surface area contributed by atoms with Crippen molar-refractivity contribution < 1.29 is 4.79 Å². The predicted octanol–water partition coefficient (Wildman–Crippen LogP) is 3.14. The lowest BCUT2D eigenvalue weighted by atomic mass is 10.1. The maximum Gasteiger partial charge on any atom is 0.253 e. The molecule has 2 heterocycles. The Hall–Kier alpha value is -1.62. The van der Waals surface area contributed by atoms with Gasteiger partial charge in [0.25, 0.3) is 5.91 Å². The summed E-state index contributed by atoms with van der Waals surface area (Å²) in [4.78, 5) is 20.8. The number of nitrogens with zero attached hydrogens (tertiary/aromatic N) is 1. The summed E-state index contributed by atoms with van der Waals surface area (Å²) in [5.41, 5.74) is 2.71. The molecule has 0 unspecified atom stereocenters. The van der Waals surface area contributed by atoms with Gasteiger partial charge in [-0.15, -0.1) is 11.3 Å². The fourth-order valence-corrected chi connectivity index (χ4v) is 2.93. The Morgan fingerprint density at radius 3 is 2.79 bits per heavy atom. The van der Waals surface area contributed by atoms with Gasteiger partial charge >= 0.3 is 0 Å². The first kappa shape index (κ1) is 13.8. The third-order valence-electron chi connectivity index (χ3n) is 3.01. The molecule has 2 aromatic rings. The van der Waals surface area contributed by atoms with E-state index in [-0.39, 0.29) is 5.91 Å². The zero-order chi connectivity index (χ0) is 14.0. The predicted molar refractivity (Wildman–Crippen MR) is 77.6 cm³/mol. The van der Waals surface area contributed by atoms with Gasteiger partial charge in [0.2, 0.25) is 0 Å². The Balaban J connectivity index is 2.05. The van der Waals surface area contributed by atoms with Crippen molar-refractivity contribution >= 4 is 17.2 Å². The van der Waals surface area contributed by atoms with Crippen LogP contribution in [0.1, 0.15) is 51.4 Å². The molecule has 0 saturated carbocycles. The minimum absolute atomic E-state index is 0.0320. The van der Waals surface area contributed by atoms with Gasteiger partial charge in [0.05, 0.1) is 22.8 Å². The second kappa shape index (κ2) is 5.57. The van der Waals surface area contributed by atoms with E-state index in [9.17, 15) is 4.79 Å². The average Bonchev–Trinajstić information content (AvgIpc) is 2.93. The summed E-state index contributed by atoms with van der Waals surface area (Å²) >= 11 is 1.63. The largest absolute Gasteiger partial charge is 0.364 e. The molecule has 0 saturated heterocycles. The molecule has 2 rings (SSSR count). The van der Waals surface area contributed by atoms with Crippen LogP contribution in [0.2, 0.25) is 0 Å². The number of aromatic amines is 1. The van der Waals surface area contributed by atoms with Crippen molar-refractivity contribution in [1.82, 2.24) is 15.3 Å². The summed E-state index contributed by atoms with van der Waals surface area (Å²) in [6.45, 7) is 8.63. The fraction of sp³-hybridized carbons (Fsp3) is 0.429. The molecule has 1 amide bonds. The monoisotopic (exact) mass is 277 g/mol. The molecular formula is C14H19N3OS. The van der Waals surface area contributed by atoms with E-state index in [1.165, 1.54) is 0 Å². The van der Waals surface area contributed by atoms with E-state index in [2.05, 4.69) is 29.1 Å². The number of aromatic nitrogens is 2. The van der Waals surface area contributed by atoms with Crippen LogP contribution in [0.25, 0.3) is 0 Å². The molecule has 0 aliphatic carbocycles. The summed E-state index contributed by atoms with van der Waals surface area (Å²) in [6, 6.07) is 1.83. The number of aryl methyl sites for hydroxylation is 2. The smallest absolute Gasteiger partial charge is 0.253 e. The fourth-order valence-electron chi connectivity index (χ4n) is 2.05. The highest BCUT2D eigenvalue weighted by Crippen LogP contribution is 2.19. The van der Waals surface area contributed by atoms with E-state index in [1.807, 2.05) is 26.1 Å². The van der Waals surface area contributed by atoms with Gasteiger partial charge in [0.15, 0.2) is 0 Å². The van der Waals surface area contributed by atoms with Crippen molar-refractivity contribution in [3.05, 3.63) is 39.1 Å². The van der Waals surface area contributed by atoms with E-state index >= 15 is 0 Å². The minimum atomic E-state index is -0.0320. The van der Waals surface area contributed by atoms with Gasteiger partial charge in [-0.2, -0.15) is 0 Å². The van der Waals surface area contributed by atoms with E-state index < -0.39 is 0 Å². The molecule has 2 aromatic heterocycles. The highest BCUT2D eigenvalue weighted by atomic mass is 32.1. The molecule has 0 spiro atoms. The SMILES string of the molecule is Cc1nc(C)c(CNC(=O)c2cc[nH]c2C(C)C)s1. The topological polar surface area (TPSA) is 57.8 Å². The van der Waals surface area contributed by atoms with Crippen LogP contribution in [0.3, 0.4) is 0 Å². The standard InChI is InChI=1S/C14H19N3OS/c1-8(2)13-11(5-6-15-13)14(18)16-7-12-9(3)17-10(4)19-12/h5-6,8,15H,7H2,1-4H3,(H,16,18). The van der Waals surface area contributed by atoms with Crippen LogP contribution in [0.15, 0.2) is 12.3 Å². The van der Waals surface area contributed by atoms with Crippen molar-refractivity contribution in [2.24, 2.45) is 0 Å². The first-order valence-corrected chi connectivity index (χ1v) is 7.19. The van der Waals surface area contributed by atoms with Crippen molar-refractivity contribution in [2.75, 3.05) is 0 Å². The molecular weight excluding hydrogens is 258 g/mol. The normalized spacial score (nSPS) is 11.0. The average molecular weight is 277 g/mol. The highest BCUT2D eigenvalue weighted by Gasteiger charge is 2.15. The summed E-state index contributed by atoms with van der Waals surface area (Å²) in [7, 11) is 0. The molecule has 0 atom stereocenters. The number of rotatable bonds is 4. The van der Waals surface area contributed by atoms with Crippen LogP contribution in [0.5, 0.6) is 0 Å². The Morgan fingerprint density at radius 1 is 1.47 bits per heavy atom. The van der Waals surface area contributed by atoms with Crippen molar-refractivity contribution in [2.45, 2.75) is 40.2 Å². The van der Waals surface area contributed by atoms with Crippen LogP contribution in [-0.4, -0.2) is 15.9 Å². The van der Waals surface area contributed by atoms with E-state index in [0.717, 1.165) is 26.8 Å². The lowest BCUT2D eigenvalue weighted by Crippen LogP contribution is -2.23. The first-order valence-electron chi connectivity index (χ1n) is 6.37. The molecule has 0 aliphatic heterocycles. The van der Waals surface area contributed by atoms with Gasteiger partial charge in [-0.25, -0.2) is 4.98 Å². The molecule has 4 nitrogen and oxygen atoms in total. The van der Waals surface area contributed by atoms with Gasteiger partial charge in [-0.1, -0.05) is 13.8 Å². The lowest BCUT2D eigenvalue weighted by Gasteiger charge is -2.08. The third kappa shape index (κ3) is 3.04. The quantitative estimate of drug-likeness (QED) is 0.902. The molecule has 0 aliphatic rings. The summed E-state index contributed by atoms with van der Waals surface area (Å²) in [5.74, 6) is 0.276. The van der Waals surface area contributed by atoms with Gasteiger partial charge < -0.3 is 10.3 Å². The molecule has 0 bridgehead atoms. The molecule has 0 radical (unpaired) electrons. The molecule has 19 heavy (non-hydrogen) atoms. The van der Waals surface area contributed by atoms with Crippen LogP contribution in [-0.2, 0) is 6.54 Å². The third-order valence-corrected chi connectivity index (χ3v) is 4.08. The second-order valence-electron chi connectivity index (χ2n) is 4.88. The Kier molecular flexibility index (Phi) is 4.04. The van der Waals surface area contributed by atoms with Gasteiger partial charge in [-0.05, 0) is 25.8 Å². The number of nitrogens with one attached hydrogen (secondary N) is 2. The number of thiazole rings is 1. The van der Waals surface area contributed by atoms with E-state index in [0.29, 0.717) is 12.5 Å². The van der Waals surface area contributed by atoms with Crippen molar-refractivity contribution in [3.8, 4) is 0 Å². The second-order valence-corrected chi connectivity index (χ2v) is 6.17. The summed E-state index contributed by atoms with van der Waals surface area (Å²) in [6.07, 6.45) is 1.81. The zero-order valence-electron chi connectivity index (χ0n) is 11.7. The number of carbonyl (C=O) groups is 1. The van der Waals surface area contributed by atoms with Crippen LogP contribution >= 0.6 is 11.3 Å². The van der Waals surface area contributed by atoms with Crippen molar-refractivity contribution in [1.29, 1.82) is 0 Å². The number of amides is 1. The summed E-state index contributed by atoms with van der Waals surface area (Å²) in [5, 5.41) is 4.00. The van der Waals surface area contributed by atoms with Crippen LogP contribution in [0, 0.1) is 13.8 Å². The number of hydrogen-bond donors (Lipinski definition) is 2. The van der Waals surface area contributed by atoms with Crippen LogP contribution in [0.4, 0.5) is 0 Å². The minimum Gasteiger partial charge on any atom is -0.364 e. The zero-order valence-corrected chi connectivity index (χ0v) is 12.5. The van der Waals surface area contributed by atoms with E-state index in [1.54, 1.807) is 11.3 Å². The number of carbonyl (C=O) groups excluding carboxylic acids is 1. The lowest BCUT2D eigenvalue weighted by molar-refractivity contribution is 0.0950. The first-order chi connectivity index (χ1) is 8.99. The van der Waals surface area contributed by atoms with Crippen LogP contribution < -0.4 is 5.32 Å². The molecule has 0 fully saturated rings. The van der Waals surface area contributed by atoms with Gasteiger partial charge in [-0.3, -0.25) is 4.79 Å². The van der Waals surface area contributed by atoms with Gasteiger partial charge in [0.1, 0.15) is 0 Å². The van der Waals surface area contributed by atoms with E-state index in [4.69, 9.17) is 0 Å². The molecule has 5 heteroatoms. The number of H-pyrrole nitrogens is 1. The maximum atomic E-state index is 12.2. The van der Waals surface area contributed by atoms with Gasteiger partial charge in [0, 0.05) is 16.8 Å². The molecule has 0 aromatic carbocycles. The Labute approximate surface area is 117 Å². The molecule has 2 N–H and O–H groups in total. The summed E-state index contributed by atoms with van der Waals surface area (Å²) < 4.78 is 0. The maximum absolute atomic E-state index is 12.2. The van der Waals surface area contributed by atoms with Crippen molar-refractivity contribution in [3.63, 3.8) is 0 Å². The number of hydrogen-bond acceptors (Lipinski definition) is 3. The Morgan fingerprint density at radius 2 is 2.21 bits per heavy atom. The Bertz CT molecular complexity index is 583. The molecule has 102 valence electrons. The highest BCUT2D eigenvalue weighted by molar-refractivity contribution is 7.11.